The molecular weight excluding hydrogens is 828 g/mol. The Hall–Kier alpha value is -3.23. The van der Waals surface area contributed by atoms with Gasteiger partial charge >= 0.3 is 19.8 Å². The molecule has 13 nitrogen and oxygen atoms in total. The number of phosphoric acid groups is 1. The fraction of sp³-hybridized carbons (Fsp3) is 0.633. The second-order valence-corrected chi connectivity index (χ2v) is 16.9. The summed E-state index contributed by atoms with van der Waals surface area (Å²) >= 11 is 0. The molecule has 6 N–H and O–H groups in total. The Morgan fingerprint density at radius 2 is 0.905 bits per heavy atom. The molecule has 1 rings (SSSR count). The maximum absolute atomic E-state index is 12.8. The molecular formula is C49H79O13P. The summed E-state index contributed by atoms with van der Waals surface area (Å²) in [5.74, 6) is -1.21. The molecule has 0 amide bonds. The molecule has 1 saturated carbocycles. The molecule has 0 bridgehead atoms. The lowest BCUT2D eigenvalue weighted by atomic mass is 9.85. The monoisotopic (exact) mass is 907 g/mol. The first-order valence-electron chi connectivity index (χ1n) is 23.0. The molecule has 1 aliphatic rings. The predicted molar refractivity (Wildman–Crippen MR) is 248 cm³/mol. The molecule has 358 valence electrons. The second-order valence-electron chi connectivity index (χ2n) is 15.5. The van der Waals surface area contributed by atoms with E-state index >= 15 is 0 Å². The van der Waals surface area contributed by atoms with Crippen molar-refractivity contribution >= 4 is 19.8 Å². The van der Waals surface area contributed by atoms with E-state index in [0.717, 1.165) is 77.0 Å². The van der Waals surface area contributed by atoms with Crippen molar-refractivity contribution in [3.63, 3.8) is 0 Å². The van der Waals surface area contributed by atoms with Gasteiger partial charge in [0.05, 0.1) is 6.61 Å². The van der Waals surface area contributed by atoms with Crippen LogP contribution in [0.1, 0.15) is 142 Å². The molecule has 0 aromatic heterocycles. The molecule has 0 saturated heterocycles. The topological polar surface area (TPSA) is 210 Å². The maximum atomic E-state index is 12.8. The summed E-state index contributed by atoms with van der Waals surface area (Å²) in [6, 6.07) is 0. The van der Waals surface area contributed by atoms with E-state index in [4.69, 9.17) is 18.5 Å². The minimum absolute atomic E-state index is 0.0414. The Balaban J connectivity index is 2.54. The number of phosphoric ester groups is 1. The zero-order valence-corrected chi connectivity index (χ0v) is 38.7. The van der Waals surface area contributed by atoms with E-state index in [1.165, 1.54) is 19.3 Å². The largest absolute Gasteiger partial charge is 0.472 e. The van der Waals surface area contributed by atoms with Gasteiger partial charge in [0.1, 0.15) is 43.2 Å². The molecule has 63 heavy (non-hydrogen) atoms. The summed E-state index contributed by atoms with van der Waals surface area (Å²) in [5.41, 5.74) is 0. The van der Waals surface area contributed by atoms with E-state index in [1.807, 2.05) is 12.2 Å². The number of aliphatic hydroxyl groups excluding tert-OH is 5. The van der Waals surface area contributed by atoms with Crippen LogP contribution in [0.5, 0.6) is 0 Å². The van der Waals surface area contributed by atoms with Crippen LogP contribution in [0.3, 0.4) is 0 Å². The van der Waals surface area contributed by atoms with Crippen LogP contribution >= 0.6 is 7.82 Å². The van der Waals surface area contributed by atoms with Crippen LogP contribution in [0.2, 0.25) is 0 Å². The number of rotatable bonds is 36. The van der Waals surface area contributed by atoms with Crippen LogP contribution in [-0.2, 0) is 32.7 Å². The van der Waals surface area contributed by atoms with Gasteiger partial charge in [0.15, 0.2) is 6.10 Å². The summed E-state index contributed by atoms with van der Waals surface area (Å²) < 4.78 is 33.4. The predicted octanol–water partition coefficient (Wildman–Crippen LogP) is 9.05. The van der Waals surface area contributed by atoms with Crippen molar-refractivity contribution in [1.82, 2.24) is 0 Å². The van der Waals surface area contributed by atoms with E-state index in [0.29, 0.717) is 19.3 Å². The van der Waals surface area contributed by atoms with E-state index < -0.39 is 75.7 Å². The molecule has 6 unspecified atom stereocenters. The van der Waals surface area contributed by atoms with Crippen LogP contribution in [-0.4, -0.2) is 98.3 Å². The first-order chi connectivity index (χ1) is 30.4. The van der Waals surface area contributed by atoms with Crippen LogP contribution in [0, 0.1) is 0 Å². The average Bonchev–Trinajstić information content (AvgIpc) is 3.26. The number of esters is 2. The molecule has 0 aromatic rings. The molecule has 0 heterocycles. The Labute approximate surface area is 377 Å². The van der Waals surface area contributed by atoms with Crippen molar-refractivity contribution in [2.75, 3.05) is 13.2 Å². The van der Waals surface area contributed by atoms with Gasteiger partial charge in [0.2, 0.25) is 0 Å². The van der Waals surface area contributed by atoms with Gasteiger partial charge in [-0.2, -0.15) is 0 Å². The lowest BCUT2D eigenvalue weighted by molar-refractivity contribution is -0.220. The molecule has 0 aliphatic heterocycles. The van der Waals surface area contributed by atoms with Gasteiger partial charge in [0.25, 0.3) is 0 Å². The number of carbonyl (C=O) groups is 2. The highest BCUT2D eigenvalue weighted by Gasteiger charge is 2.51. The smallest absolute Gasteiger partial charge is 0.462 e. The third kappa shape index (κ3) is 30.5. The Morgan fingerprint density at radius 3 is 1.38 bits per heavy atom. The summed E-state index contributed by atoms with van der Waals surface area (Å²) in [6.07, 6.45) is 37.5. The molecule has 1 aliphatic carbocycles. The number of unbranched alkanes of at least 4 members (excludes halogenated alkanes) is 8. The number of hydrogen-bond donors (Lipinski definition) is 6. The molecule has 8 atom stereocenters. The van der Waals surface area contributed by atoms with Crippen LogP contribution < -0.4 is 0 Å². The minimum atomic E-state index is -5.15. The fourth-order valence-corrected chi connectivity index (χ4v) is 7.12. The first kappa shape index (κ1) is 57.8. The standard InChI is InChI=1S/C49H79O13P/c1-3-5-7-9-11-13-15-17-19-21-23-25-27-29-31-33-35-37-42(50)59-39-41(40-60-63(57,58)62-49-47(55)45(53)44(52)46(54)48(49)56)61-43(51)38-36-34-32-30-28-26-24-22-20-18-16-14-12-10-8-6-4-2/h8,10-11,13-14,16-17,19-20,22-23,25-26,28-29,31,41,44-49,52-56H,3-7,9,12,15,18,21,24,27,30,32-40H2,1-2H3,(H,57,58)/b10-8+,13-11+,16-14+,19-17+,22-20+,25-23+,28-26+,31-29+/t41-,44?,45-,46?,47?,48?,49?/m0/s1. The van der Waals surface area contributed by atoms with Crippen LogP contribution in [0.15, 0.2) is 97.2 Å². The summed E-state index contributed by atoms with van der Waals surface area (Å²) in [5, 5.41) is 50.1. The summed E-state index contributed by atoms with van der Waals surface area (Å²) in [6.45, 7) is 3.11. The SMILES string of the molecule is CCC/C=C/C/C=C/C/C=C/C/C=C/CCCCCC(=O)O[C@@H](COC(=O)CCC/C=C/C/C=C/C/C=C/C/C=C/CCCCC)COP(=O)(O)OC1C(O)C(O)C(O)[C@H](O)C1O. The van der Waals surface area contributed by atoms with Crippen molar-refractivity contribution in [3.8, 4) is 0 Å². The normalized spacial score (nSPS) is 22.6. The van der Waals surface area contributed by atoms with Crippen LogP contribution in [0.4, 0.5) is 0 Å². The van der Waals surface area contributed by atoms with Crippen LogP contribution in [0.25, 0.3) is 0 Å². The van der Waals surface area contributed by atoms with Gasteiger partial charge in [-0.25, -0.2) is 4.57 Å². The van der Waals surface area contributed by atoms with Gasteiger partial charge < -0.3 is 39.9 Å². The molecule has 0 radical (unpaired) electrons. The zero-order chi connectivity index (χ0) is 46.4. The summed E-state index contributed by atoms with van der Waals surface area (Å²) in [4.78, 5) is 35.7. The maximum Gasteiger partial charge on any atom is 0.472 e. The Bertz CT molecular complexity index is 1470. The molecule has 0 spiro atoms. The van der Waals surface area contributed by atoms with Gasteiger partial charge in [-0.1, -0.05) is 137 Å². The van der Waals surface area contributed by atoms with Crippen molar-refractivity contribution < 1.29 is 63.1 Å². The van der Waals surface area contributed by atoms with E-state index in [9.17, 15) is 44.6 Å². The lowest BCUT2D eigenvalue weighted by Gasteiger charge is -2.41. The highest BCUT2D eigenvalue weighted by Crippen LogP contribution is 2.47. The number of allylic oxidation sites excluding steroid dienone is 16. The third-order valence-electron chi connectivity index (χ3n) is 9.88. The first-order valence-corrected chi connectivity index (χ1v) is 24.5. The average molecular weight is 907 g/mol. The number of carbonyl (C=O) groups excluding carboxylic acids is 2. The zero-order valence-electron chi connectivity index (χ0n) is 37.8. The van der Waals surface area contributed by atoms with Crippen molar-refractivity contribution in [3.05, 3.63) is 97.2 Å². The van der Waals surface area contributed by atoms with Crippen molar-refractivity contribution in [2.45, 2.75) is 185 Å². The molecule has 14 heteroatoms. The van der Waals surface area contributed by atoms with E-state index in [1.54, 1.807) is 0 Å². The fourth-order valence-electron chi connectivity index (χ4n) is 6.15. The highest BCUT2D eigenvalue weighted by molar-refractivity contribution is 7.47. The summed E-state index contributed by atoms with van der Waals surface area (Å²) in [7, 11) is -5.15. The van der Waals surface area contributed by atoms with Gasteiger partial charge in [-0.15, -0.1) is 0 Å². The molecule has 1 fully saturated rings. The van der Waals surface area contributed by atoms with Gasteiger partial charge in [-0.05, 0) is 89.9 Å². The van der Waals surface area contributed by atoms with Crippen molar-refractivity contribution in [1.29, 1.82) is 0 Å². The van der Waals surface area contributed by atoms with Gasteiger partial charge in [-0.3, -0.25) is 18.6 Å². The Morgan fingerprint density at radius 1 is 0.492 bits per heavy atom. The minimum Gasteiger partial charge on any atom is -0.462 e. The van der Waals surface area contributed by atoms with Gasteiger partial charge in [0, 0.05) is 12.8 Å². The quantitative estimate of drug-likeness (QED) is 0.0150. The highest BCUT2D eigenvalue weighted by atomic mass is 31.2. The number of aliphatic hydroxyl groups is 5. The number of ether oxygens (including phenoxy) is 2. The Kier molecular flexibility index (Phi) is 34.9. The van der Waals surface area contributed by atoms with E-state index in [2.05, 4.69) is 98.9 Å². The van der Waals surface area contributed by atoms with Crippen molar-refractivity contribution in [2.24, 2.45) is 0 Å². The third-order valence-corrected chi connectivity index (χ3v) is 10.9. The van der Waals surface area contributed by atoms with E-state index in [-0.39, 0.29) is 12.8 Å². The number of hydrogen-bond acceptors (Lipinski definition) is 12. The molecule has 0 aromatic carbocycles. The second kappa shape index (κ2) is 38.1. The lowest BCUT2D eigenvalue weighted by Crippen LogP contribution is -2.64.